The van der Waals surface area contributed by atoms with E-state index in [9.17, 15) is 22.8 Å². The van der Waals surface area contributed by atoms with E-state index in [1.807, 2.05) is 0 Å². The Bertz CT molecular complexity index is 1580. The number of nitrogens with zero attached hydrogens (tertiary/aromatic N) is 3. The number of rotatable bonds is 4. The van der Waals surface area contributed by atoms with Gasteiger partial charge in [0.25, 0.3) is 11.8 Å². The maximum Gasteiger partial charge on any atom is 0.433 e. The van der Waals surface area contributed by atoms with Gasteiger partial charge in [-0.3, -0.25) is 9.59 Å². The molecule has 3 heterocycles. The molecule has 0 radical (unpaired) electrons. The van der Waals surface area contributed by atoms with E-state index in [4.69, 9.17) is 28.9 Å². The first-order valence-corrected chi connectivity index (χ1v) is 12.7. The molecule has 2 amide bonds. The fraction of sp³-hybridized carbons (Fsp3) is 0.250. The van der Waals surface area contributed by atoms with Gasteiger partial charge in [-0.15, -0.1) is 11.3 Å². The molecule has 3 aromatic heterocycles. The van der Waals surface area contributed by atoms with Gasteiger partial charge >= 0.3 is 6.18 Å². The molecule has 1 aromatic carbocycles. The number of nitrogens with one attached hydrogen (secondary N) is 1. The van der Waals surface area contributed by atoms with E-state index in [1.165, 1.54) is 29.5 Å². The van der Waals surface area contributed by atoms with Gasteiger partial charge in [0.1, 0.15) is 5.00 Å². The topological polar surface area (TPSA) is 102 Å². The Hall–Kier alpha value is -3.15. The van der Waals surface area contributed by atoms with Gasteiger partial charge in [-0.1, -0.05) is 36.2 Å². The van der Waals surface area contributed by atoms with Crippen LogP contribution < -0.4 is 11.1 Å². The van der Waals surface area contributed by atoms with Crippen LogP contribution in [0.3, 0.4) is 0 Å². The number of thiophene rings is 1. The first-order chi connectivity index (χ1) is 17.4. The average Bonchev–Trinajstić information content (AvgIpc) is 3.40. The fourth-order valence-electron chi connectivity index (χ4n) is 4.36. The SMILES string of the molecule is C[C@@H]1CCc2c(sc(NC(=O)c3cc4nc(-c5ccc(Cl)c(Cl)c5)cc(C(F)(F)F)n4n3)c2C(N)=O)C1. The van der Waals surface area contributed by atoms with Gasteiger partial charge < -0.3 is 11.1 Å². The molecule has 0 aliphatic heterocycles. The van der Waals surface area contributed by atoms with Crippen molar-refractivity contribution >= 4 is 57.0 Å². The molecular formula is C24H18Cl2F3N5O2S. The van der Waals surface area contributed by atoms with E-state index < -0.39 is 23.7 Å². The Kier molecular flexibility index (Phi) is 6.41. The van der Waals surface area contributed by atoms with Gasteiger partial charge in [-0.2, -0.15) is 18.3 Å². The predicted octanol–water partition coefficient (Wildman–Crippen LogP) is 6.26. The third-order valence-electron chi connectivity index (χ3n) is 6.15. The Morgan fingerprint density at radius 2 is 1.95 bits per heavy atom. The summed E-state index contributed by atoms with van der Waals surface area (Å²) >= 11 is 13.2. The average molecular weight is 568 g/mol. The van der Waals surface area contributed by atoms with Crippen LogP contribution in [0.4, 0.5) is 18.2 Å². The van der Waals surface area contributed by atoms with E-state index in [0.717, 1.165) is 35.4 Å². The van der Waals surface area contributed by atoms with Gasteiger partial charge in [0.05, 0.1) is 21.3 Å². The number of carbonyl (C=O) groups excluding carboxylic acids is 2. The third-order valence-corrected chi connectivity index (χ3v) is 8.06. The quantitative estimate of drug-likeness (QED) is 0.304. The van der Waals surface area contributed by atoms with Crippen molar-refractivity contribution in [2.75, 3.05) is 5.32 Å². The van der Waals surface area contributed by atoms with Gasteiger partial charge in [0.2, 0.25) is 0 Å². The normalized spacial score (nSPS) is 15.6. The Morgan fingerprint density at radius 3 is 2.62 bits per heavy atom. The molecule has 1 aliphatic carbocycles. The van der Waals surface area contributed by atoms with Crippen molar-refractivity contribution in [2.45, 2.75) is 32.4 Å². The molecule has 3 N–H and O–H groups in total. The number of nitrogens with two attached hydrogens (primary N) is 1. The maximum absolute atomic E-state index is 13.9. The van der Waals surface area contributed by atoms with E-state index in [2.05, 4.69) is 22.3 Å². The first kappa shape index (κ1) is 25.5. The minimum Gasteiger partial charge on any atom is -0.365 e. The lowest BCUT2D eigenvalue weighted by Gasteiger charge is -2.18. The van der Waals surface area contributed by atoms with Crippen LogP contribution in [0.5, 0.6) is 0 Å². The Morgan fingerprint density at radius 1 is 1.19 bits per heavy atom. The summed E-state index contributed by atoms with van der Waals surface area (Å²) in [5.74, 6) is -1.04. The maximum atomic E-state index is 13.9. The minimum atomic E-state index is -4.80. The zero-order chi connectivity index (χ0) is 26.6. The lowest BCUT2D eigenvalue weighted by atomic mass is 9.88. The largest absolute Gasteiger partial charge is 0.433 e. The van der Waals surface area contributed by atoms with Gasteiger partial charge in [0.15, 0.2) is 17.0 Å². The third kappa shape index (κ3) is 4.78. The van der Waals surface area contributed by atoms with Crippen LogP contribution in [0.15, 0.2) is 30.3 Å². The molecule has 7 nitrogen and oxygen atoms in total. The summed E-state index contributed by atoms with van der Waals surface area (Å²) in [5.41, 5.74) is 5.29. The molecule has 0 spiro atoms. The summed E-state index contributed by atoms with van der Waals surface area (Å²) in [6.07, 6.45) is -2.50. The van der Waals surface area contributed by atoms with Crippen molar-refractivity contribution in [1.29, 1.82) is 0 Å². The van der Waals surface area contributed by atoms with Crippen LogP contribution >= 0.6 is 34.5 Å². The number of carbonyl (C=O) groups is 2. The molecule has 0 fully saturated rings. The Balaban J connectivity index is 1.55. The van der Waals surface area contributed by atoms with Crippen LogP contribution in [0.2, 0.25) is 10.0 Å². The number of hydrogen-bond donors (Lipinski definition) is 2. The van der Waals surface area contributed by atoms with Gasteiger partial charge in [-0.25, -0.2) is 9.50 Å². The number of alkyl halides is 3. The first-order valence-electron chi connectivity index (χ1n) is 11.1. The van der Waals surface area contributed by atoms with Crippen LogP contribution in [-0.4, -0.2) is 26.4 Å². The summed E-state index contributed by atoms with van der Waals surface area (Å²) in [6, 6.07) is 6.30. The second kappa shape index (κ2) is 9.30. The standard InChI is InChI=1S/C24H18Cl2F3N5O2S/c1-10-2-4-12-17(6-10)37-23(20(12)21(30)35)32-22(36)16-9-19-31-15(11-3-5-13(25)14(26)7-11)8-18(24(27,28)29)34(19)33-16/h3,5,7-10H,2,4,6H2,1H3,(H2,30,35)(H,32,36)/t10-/m1/s1. The summed E-state index contributed by atoms with van der Waals surface area (Å²) in [5, 5.41) is 7.15. The lowest BCUT2D eigenvalue weighted by Crippen LogP contribution is -2.19. The smallest absolute Gasteiger partial charge is 0.365 e. The van der Waals surface area contributed by atoms with E-state index in [0.29, 0.717) is 22.4 Å². The van der Waals surface area contributed by atoms with Crippen LogP contribution in [0.1, 0.15) is 50.3 Å². The van der Waals surface area contributed by atoms with Crippen LogP contribution in [-0.2, 0) is 19.0 Å². The predicted molar refractivity (Wildman–Crippen MR) is 135 cm³/mol. The molecule has 1 aliphatic rings. The molecule has 37 heavy (non-hydrogen) atoms. The van der Waals surface area contributed by atoms with Gasteiger partial charge in [-0.05, 0) is 48.9 Å². The van der Waals surface area contributed by atoms with E-state index >= 15 is 0 Å². The highest BCUT2D eigenvalue weighted by Crippen LogP contribution is 2.40. The zero-order valence-electron chi connectivity index (χ0n) is 19.1. The molecule has 0 bridgehead atoms. The highest BCUT2D eigenvalue weighted by atomic mass is 35.5. The number of halogens is 5. The number of fused-ring (bicyclic) bond motifs is 2. The molecule has 0 unspecified atom stereocenters. The van der Waals surface area contributed by atoms with Crippen LogP contribution in [0, 0.1) is 5.92 Å². The van der Waals surface area contributed by atoms with Crippen molar-refractivity contribution in [3.05, 3.63) is 67.8 Å². The number of primary amides is 1. The molecule has 1 atom stereocenters. The van der Waals surface area contributed by atoms with E-state index in [-0.39, 0.29) is 37.6 Å². The number of aromatic nitrogens is 3. The highest BCUT2D eigenvalue weighted by Gasteiger charge is 2.36. The summed E-state index contributed by atoms with van der Waals surface area (Å²) in [6.45, 7) is 2.10. The van der Waals surface area contributed by atoms with Crippen LogP contribution in [0.25, 0.3) is 16.9 Å². The molecule has 4 aromatic rings. The van der Waals surface area contributed by atoms with Crippen molar-refractivity contribution in [1.82, 2.24) is 14.6 Å². The summed E-state index contributed by atoms with van der Waals surface area (Å²) in [7, 11) is 0. The fourth-order valence-corrected chi connectivity index (χ4v) is 6.07. The molecule has 13 heteroatoms. The Labute approximate surface area is 222 Å². The number of benzene rings is 1. The van der Waals surface area contributed by atoms with E-state index in [1.54, 1.807) is 0 Å². The number of anilines is 1. The molecule has 192 valence electrons. The monoisotopic (exact) mass is 567 g/mol. The molecule has 0 saturated carbocycles. The second-order valence-corrected chi connectivity index (χ2v) is 10.7. The highest BCUT2D eigenvalue weighted by molar-refractivity contribution is 7.17. The molecular weight excluding hydrogens is 550 g/mol. The van der Waals surface area contributed by atoms with Crippen molar-refractivity contribution in [2.24, 2.45) is 11.7 Å². The zero-order valence-corrected chi connectivity index (χ0v) is 21.4. The summed E-state index contributed by atoms with van der Waals surface area (Å²) in [4.78, 5) is 30.5. The van der Waals surface area contributed by atoms with Gasteiger partial charge in [0, 0.05) is 16.5 Å². The molecule has 5 rings (SSSR count). The van der Waals surface area contributed by atoms with Crippen molar-refractivity contribution < 1.29 is 22.8 Å². The van der Waals surface area contributed by atoms with Crippen molar-refractivity contribution in [3.8, 4) is 11.3 Å². The number of amides is 2. The van der Waals surface area contributed by atoms with Crippen molar-refractivity contribution in [3.63, 3.8) is 0 Å². The molecule has 0 saturated heterocycles. The lowest BCUT2D eigenvalue weighted by molar-refractivity contribution is -0.142. The number of hydrogen-bond acceptors (Lipinski definition) is 5. The minimum absolute atomic E-state index is 0.0266. The summed E-state index contributed by atoms with van der Waals surface area (Å²) < 4.78 is 42.4. The second-order valence-electron chi connectivity index (χ2n) is 8.83.